The third-order valence-corrected chi connectivity index (χ3v) is 4.36. The van der Waals surface area contributed by atoms with E-state index in [1.54, 1.807) is 18.3 Å². The van der Waals surface area contributed by atoms with Crippen molar-refractivity contribution in [2.75, 3.05) is 11.1 Å². The van der Waals surface area contributed by atoms with Gasteiger partial charge in [-0.3, -0.25) is 4.79 Å². The summed E-state index contributed by atoms with van der Waals surface area (Å²) in [5.41, 5.74) is 22.6. The van der Waals surface area contributed by atoms with E-state index in [1.165, 1.54) is 6.20 Å². The fraction of sp³-hybridized carbons (Fsp3) is 0.200. The van der Waals surface area contributed by atoms with Gasteiger partial charge in [0.05, 0.1) is 0 Å². The highest BCUT2D eigenvalue weighted by molar-refractivity contribution is 5.94. The molecule has 1 amide bonds. The molecule has 1 fully saturated rings. The molecule has 7 N–H and O–H groups in total. The van der Waals surface area contributed by atoms with Gasteiger partial charge in [-0.2, -0.15) is 0 Å². The van der Waals surface area contributed by atoms with Gasteiger partial charge in [0.15, 0.2) is 0 Å². The first-order chi connectivity index (χ1) is 12.5. The zero-order chi connectivity index (χ0) is 18.7. The average molecular weight is 349 g/mol. The minimum Gasteiger partial charge on any atom is -0.404 e. The quantitative estimate of drug-likeness (QED) is 0.488. The molecule has 0 radical (unpaired) electrons. The van der Waals surface area contributed by atoms with Crippen LogP contribution in [0.25, 0.3) is 11.3 Å². The van der Waals surface area contributed by atoms with Crippen molar-refractivity contribution in [3.8, 4) is 0 Å². The largest absolute Gasteiger partial charge is 0.404 e. The van der Waals surface area contributed by atoms with E-state index in [0.717, 1.165) is 35.1 Å². The van der Waals surface area contributed by atoms with Crippen LogP contribution in [0.4, 0.5) is 11.5 Å². The van der Waals surface area contributed by atoms with Crippen molar-refractivity contribution in [1.29, 1.82) is 0 Å². The molecule has 0 unspecified atom stereocenters. The van der Waals surface area contributed by atoms with Crippen LogP contribution in [0.2, 0.25) is 0 Å². The molecule has 1 aliphatic carbocycles. The maximum Gasteiger partial charge on any atom is 0.228 e. The number of aryl methyl sites for hydroxylation is 1. The van der Waals surface area contributed by atoms with E-state index >= 15 is 0 Å². The van der Waals surface area contributed by atoms with Gasteiger partial charge in [0, 0.05) is 35.3 Å². The summed E-state index contributed by atoms with van der Waals surface area (Å²) in [4.78, 5) is 16.1. The van der Waals surface area contributed by atoms with Crippen molar-refractivity contribution in [3.05, 3.63) is 65.5 Å². The molecule has 0 bridgehead atoms. The molecule has 1 aromatic heterocycles. The second kappa shape index (κ2) is 7.31. The van der Waals surface area contributed by atoms with E-state index in [-0.39, 0.29) is 11.8 Å². The number of pyridine rings is 1. The summed E-state index contributed by atoms with van der Waals surface area (Å²) < 4.78 is 0. The number of carbonyl (C=O) groups is 1. The molecule has 1 saturated carbocycles. The number of nitrogens with one attached hydrogen (secondary N) is 1. The summed E-state index contributed by atoms with van der Waals surface area (Å²) in [6.07, 6.45) is 6.80. The van der Waals surface area contributed by atoms with Crippen molar-refractivity contribution in [2.24, 2.45) is 17.4 Å². The summed E-state index contributed by atoms with van der Waals surface area (Å²) in [7, 11) is 0. The molecule has 2 aromatic rings. The van der Waals surface area contributed by atoms with Crippen LogP contribution in [0.15, 0.2) is 48.8 Å². The lowest BCUT2D eigenvalue weighted by Crippen LogP contribution is -2.14. The molecule has 134 valence electrons. The minimum absolute atomic E-state index is 0.0124. The lowest BCUT2D eigenvalue weighted by molar-refractivity contribution is -0.117. The van der Waals surface area contributed by atoms with Crippen molar-refractivity contribution in [2.45, 2.75) is 19.8 Å². The van der Waals surface area contributed by atoms with E-state index < -0.39 is 0 Å². The van der Waals surface area contributed by atoms with Gasteiger partial charge in [-0.1, -0.05) is 6.07 Å². The number of amides is 1. The first kappa shape index (κ1) is 17.5. The Hall–Kier alpha value is -3.28. The highest BCUT2D eigenvalue weighted by Crippen LogP contribution is 2.30. The Morgan fingerprint density at radius 2 is 2.04 bits per heavy atom. The third-order valence-electron chi connectivity index (χ3n) is 4.36. The number of allylic oxidation sites excluding steroid dienone is 2. The molecule has 0 atom stereocenters. The third kappa shape index (κ3) is 4.03. The Balaban J connectivity index is 1.86. The van der Waals surface area contributed by atoms with E-state index in [2.05, 4.69) is 10.3 Å². The lowest BCUT2D eigenvalue weighted by atomic mass is 10.0. The number of anilines is 2. The van der Waals surface area contributed by atoms with E-state index in [1.807, 2.05) is 31.2 Å². The predicted molar refractivity (Wildman–Crippen MR) is 106 cm³/mol. The number of aromatic nitrogens is 1. The van der Waals surface area contributed by atoms with Crippen LogP contribution in [-0.2, 0) is 4.79 Å². The highest BCUT2D eigenvalue weighted by Gasteiger charge is 2.29. The van der Waals surface area contributed by atoms with Gasteiger partial charge in [0.1, 0.15) is 5.82 Å². The SMILES string of the molecule is Cc1ccc(N)cc1/C(N)=C/C(=C\N)c1ccnc(NC(=O)C2CC2)c1. The number of hydrogen-bond donors (Lipinski definition) is 4. The smallest absolute Gasteiger partial charge is 0.228 e. The van der Waals surface area contributed by atoms with Crippen LogP contribution in [0.3, 0.4) is 0 Å². The van der Waals surface area contributed by atoms with Gasteiger partial charge in [0.25, 0.3) is 0 Å². The number of nitrogens with zero attached hydrogens (tertiary/aromatic N) is 1. The molecule has 0 saturated heterocycles. The standard InChI is InChI=1S/C20H23N5O/c1-12-2-5-16(22)10-17(12)18(23)8-15(11-21)14-6-7-24-19(9-14)25-20(26)13-3-4-13/h2,5-11,13H,3-4,21-23H2,1H3,(H,24,25,26)/b15-11+,18-8-. The van der Waals surface area contributed by atoms with Crippen molar-refractivity contribution < 1.29 is 4.79 Å². The maximum absolute atomic E-state index is 11.9. The molecule has 0 aliphatic heterocycles. The molecule has 3 rings (SSSR count). The van der Waals surface area contributed by atoms with Gasteiger partial charge in [-0.25, -0.2) is 4.98 Å². The van der Waals surface area contributed by atoms with E-state index in [9.17, 15) is 4.79 Å². The molecule has 6 heteroatoms. The lowest BCUT2D eigenvalue weighted by Gasteiger charge is -2.10. The number of rotatable bonds is 5. The number of nitrogens with two attached hydrogens (primary N) is 3. The summed E-state index contributed by atoms with van der Waals surface area (Å²) in [5, 5.41) is 2.84. The number of hydrogen-bond acceptors (Lipinski definition) is 5. The first-order valence-electron chi connectivity index (χ1n) is 8.51. The molecule has 6 nitrogen and oxygen atoms in total. The molecule has 1 aliphatic rings. The fourth-order valence-electron chi connectivity index (χ4n) is 2.68. The Labute approximate surface area is 152 Å². The summed E-state index contributed by atoms with van der Waals surface area (Å²) in [6.45, 7) is 1.97. The zero-order valence-electron chi connectivity index (χ0n) is 14.7. The number of carbonyl (C=O) groups excluding carboxylic acids is 1. The van der Waals surface area contributed by atoms with Crippen molar-refractivity contribution in [3.63, 3.8) is 0 Å². The maximum atomic E-state index is 11.9. The van der Waals surface area contributed by atoms with Gasteiger partial charge in [0.2, 0.25) is 5.91 Å². The van der Waals surface area contributed by atoms with Crippen LogP contribution in [0.1, 0.15) is 29.5 Å². The molecular formula is C20H23N5O. The van der Waals surface area contributed by atoms with Gasteiger partial charge < -0.3 is 22.5 Å². The Morgan fingerprint density at radius 1 is 1.27 bits per heavy atom. The van der Waals surface area contributed by atoms with Crippen molar-refractivity contribution in [1.82, 2.24) is 4.98 Å². The molecular weight excluding hydrogens is 326 g/mol. The molecule has 0 spiro atoms. The van der Waals surface area contributed by atoms with Gasteiger partial charge >= 0.3 is 0 Å². The number of nitrogen functional groups attached to an aromatic ring is 1. The monoisotopic (exact) mass is 349 g/mol. The van der Waals surface area contributed by atoms with E-state index in [0.29, 0.717) is 17.2 Å². The van der Waals surface area contributed by atoms with Crippen LogP contribution >= 0.6 is 0 Å². The Morgan fingerprint density at radius 3 is 2.73 bits per heavy atom. The normalized spacial score (nSPS) is 15.0. The highest BCUT2D eigenvalue weighted by atomic mass is 16.2. The zero-order valence-corrected chi connectivity index (χ0v) is 14.7. The van der Waals surface area contributed by atoms with Gasteiger partial charge in [-0.15, -0.1) is 0 Å². The van der Waals surface area contributed by atoms with Crippen LogP contribution in [-0.4, -0.2) is 10.9 Å². The molecule has 1 heterocycles. The fourth-order valence-corrected chi connectivity index (χ4v) is 2.68. The van der Waals surface area contributed by atoms with Crippen LogP contribution < -0.4 is 22.5 Å². The van der Waals surface area contributed by atoms with Crippen molar-refractivity contribution >= 4 is 28.7 Å². The van der Waals surface area contributed by atoms with Gasteiger partial charge in [-0.05, 0) is 66.8 Å². The summed E-state index contributed by atoms with van der Waals surface area (Å²) in [5.74, 6) is 0.635. The van der Waals surface area contributed by atoms with Crippen LogP contribution in [0, 0.1) is 12.8 Å². The second-order valence-corrected chi connectivity index (χ2v) is 6.49. The average Bonchev–Trinajstić information content (AvgIpc) is 3.47. The van der Waals surface area contributed by atoms with Crippen LogP contribution in [0.5, 0.6) is 0 Å². The molecule has 1 aromatic carbocycles. The Bertz CT molecular complexity index is 897. The van der Waals surface area contributed by atoms with E-state index in [4.69, 9.17) is 17.2 Å². The Kier molecular flexibility index (Phi) is 4.93. The first-order valence-corrected chi connectivity index (χ1v) is 8.51. The second-order valence-electron chi connectivity index (χ2n) is 6.49. The predicted octanol–water partition coefficient (Wildman–Crippen LogP) is 2.62. The summed E-state index contributed by atoms with van der Waals surface area (Å²) >= 11 is 0. The molecule has 26 heavy (non-hydrogen) atoms. The summed E-state index contributed by atoms with van der Waals surface area (Å²) in [6, 6.07) is 9.21. The number of benzene rings is 1. The topological polar surface area (TPSA) is 120 Å². The minimum atomic E-state index is 0.0124.